The van der Waals surface area contributed by atoms with Gasteiger partial charge in [0.15, 0.2) is 11.5 Å². The molecule has 0 aromatic heterocycles. The quantitative estimate of drug-likeness (QED) is 0.111. The van der Waals surface area contributed by atoms with Crippen molar-refractivity contribution < 1.29 is 23.8 Å². The van der Waals surface area contributed by atoms with Gasteiger partial charge < -0.3 is 19.5 Å². The molecule has 0 atom stereocenters. The van der Waals surface area contributed by atoms with Crippen LogP contribution in [-0.2, 0) is 4.79 Å². The van der Waals surface area contributed by atoms with Gasteiger partial charge in [0.1, 0.15) is 17.4 Å². The van der Waals surface area contributed by atoms with E-state index in [9.17, 15) is 14.9 Å². The van der Waals surface area contributed by atoms with E-state index in [4.69, 9.17) is 14.2 Å². The van der Waals surface area contributed by atoms with Gasteiger partial charge >= 0.3 is 5.97 Å². The molecule has 2 aromatic rings. The third-order valence-corrected chi connectivity index (χ3v) is 4.83. The molecule has 0 heterocycles. The topological polar surface area (TPSA) is 97.7 Å². The number of methoxy groups -OCH3 is 1. The van der Waals surface area contributed by atoms with Gasteiger partial charge in [-0.3, -0.25) is 4.79 Å². The number of carbonyl (C=O) groups excluding carboxylic acids is 2. The molecule has 0 aliphatic rings. The summed E-state index contributed by atoms with van der Waals surface area (Å²) >= 11 is 0. The molecule has 178 valence electrons. The summed E-state index contributed by atoms with van der Waals surface area (Å²) in [5.74, 6) is 0.156. The molecular weight excluding hydrogens is 432 g/mol. The van der Waals surface area contributed by atoms with E-state index in [1.807, 2.05) is 6.07 Å². The number of hydrogen-bond donors (Lipinski definition) is 1. The standard InChI is InChI=1S/C27H30N2O5/c1-4-6-7-8-16-33-23-12-10-21(11-13-23)27(31)34-24-14-9-20(18-25(24)32-3)17-22(19-28)26(30)29-15-5-2/h5,9-14,17-18H,2,4,6-8,15-16H2,1,3H3,(H,29,30)/b22-17+. The second kappa shape index (κ2) is 14.2. The molecule has 1 amide bonds. The molecule has 0 saturated carbocycles. The second-order valence-corrected chi connectivity index (χ2v) is 7.40. The minimum Gasteiger partial charge on any atom is -0.494 e. The van der Waals surface area contributed by atoms with Crippen molar-refractivity contribution in [2.24, 2.45) is 0 Å². The number of nitrogens with one attached hydrogen (secondary N) is 1. The van der Waals surface area contributed by atoms with E-state index in [-0.39, 0.29) is 23.6 Å². The molecule has 7 nitrogen and oxygen atoms in total. The Bertz CT molecular complexity index is 1050. The van der Waals surface area contributed by atoms with Crippen LogP contribution in [0.4, 0.5) is 0 Å². The summed E-state index contributed by atoms with van der Waals surface area (Å²) < 4.78 is 16.5. The van der Waals surface area contributed by atoms with Crippen molar-refractivity contribution in [3.05, 3.63) is 71.8 Å². The van der Waals surface area contributed by atoms with Crippen molar-refractivity contribution in [1.82, 2.24) is 5.32 Å². The lowest BCUT2D eigenvalue weighted by atomic mass is 10.1. The van der Waals surface area contributed by atoms with Crippen LogP contribution in [0.1, 0.15) is 48.5 Å². The molecular formula is C27H30N2O5. The highest BCUT2D eigenvalue weighted by atomic mass is 16.6. The number of carbonyl (C=O) groups is 2. The minimum absolute atomic E-state index is 0.0682. The molecule has 2 aromatic carbocycles. The van der Waals surface area contributed by atoms with Crippen molar-refractivity contribution in [1.29, 1.82) is 5.26 Å². The van der Waals surface area contributed by atoms with Gasteiger partial charge in [-0.1, -0.05) is 38.3 Å². The summed E-state index contributed by atoms with van der Waals surface area (Å²) in [6, 6.07) is 13.4. The first kappa shape index (κ1) is 26.2. The Morgan fingerprint density at radius 2 is 1.85 bits per heavy atom. The maximum Gasteiger partial charge on any atom is 0.343 e. The lowest BCUT2D eigenvalue weighted by Gasteiger charge is -2.11. The minimum atomic E-state index is -0.544. The van der Waals surface area contributed by atoms with E-state index in [2.05, 4.69) is 18.8 Å². The van der Waals surface area contributed by atoms with Crippen molar-refractivity contribution in [2.75, 3.05) is 20.3 Å². The van der Waals surface area contributed by atoms with Crippen molar-refractivity contribution in [3.8, 4) is 23.3 Å². The van der Waals surface area contributed by atoms with Crippen molar-refractivity contribution in [3.63, 3.8) is 0 Å². The first-order valence-electron chi connectivity index (χ1n) is 11.2. The zero-order valence-corrected chi connectivity index (χ0v) is 19.6. The highest BCUT2D eigenvalue weighted by molar-refractivity contribution is 6.01. The van der Waals surface area contributed by atoms with Gasteiger partial charge in [-0.05, 0) is 54.5 Å². The Hall–Kier alpha value is -4.05. The predicted molar refractivity (Wildman–Crippen MR) is 131 cm³/mol. The summed E-state index contributed by atoms with van der Waals surface area (Å²) in [5, 5.41) is 11.8. The van der Waals surface area contributed by atoms with E-state index in [0.717, 1.165) is 12.8 Å². The summed E-state index contributed by atoms with van der Waals surface area (Å²) in [4.78, 5) is 24.6. The number of benzene rings is 2. The van der Waals surface area contributed by atoms with Crippen molar-refractivity contribution in [2.45, 2.75) is 32.6 Å². The van der Waals surface area contributed by atoms with E-state index in [1.165, 1.54) is 32.1 Å². The second-order valence-electron chi connectivity index (χ2n) is 7.40. The Kier molecular flexibility index (Phi) is 10.9. The fourth-order valence-electron chi connectivity index (χ4n) is 3.00. The number of nitrogens with zero attached hydrogens (tertiary/aromatic N) is 1. The van der Waals surface area contributed by atoms with Crippen LogP contribution >= 0.6 is 0 Å². The monoisotopic (exact) mass is 462 g/mol. The molecule has 0 fully saturated rings. The highest BCUT2D eigenvalue weighted by Gasteiger charge is 2.14. The molecule has 0 spiro atoms. The third kappa shape index (κ3) is 8.14. The van der Waals surface area contributed by atoms with Crippen LogP contribution in [0.3, 0.4) is 0 Å². The van der Waals surface area contributed by atoms with Gasteiger partial charge in [-0.15, -0.1) is 6.58 Å². The Balaban J connectivity index is 2.05. The molecule has 0 radical (unpaired) electrons. The van der Waals surface area contributed by atoms with Crippen LogP contribution in [0.25, 0.3) is 6.08 Å². The SMILES string of the molecule is C=CCNC(=O)/C(C#N)=C/c1ccc(OC(=O)c2ccc(OCCCCCC)cc2)c(OC)c1. The lowest BCUT2D eigenvalue weighted by Crippen LogP contribution is -2.24. The first-order valence-corrected chi connectivity index (χ1v) is 11.2. The molecule has 0 aliphatic heterocycles. The van der Waals surface area contributed by atoms with Crippen LogP contribution in [0.15, 0.2) is 60.7 Å². The number of hydrogen-bond acceptors (Lipinski definition) is 6. The Labute approximate surface area is 200 Å². The zero-order chi connectivity index (χ0) is 24.8. The molecule has 0 bridgehead atoms. The molecule has 7 heteroatoms. The zero-order valence-electron chi connectivity index (χ0n) is 19.6. The normalized spacial score (nSPS) is 10.7. The number of nitriles is 1. The molecule has 1 N–H and O–H groups in total. The molecule has 0 unspecified atom stereocenters. The highest BCUT2D eigenvalue weighted by Crippen LogP contribution is 2.30. The van der Waals surface area contributed by atoms with Crippen LogP contribution in [0.2, 0.25) is 0 Å². The van der Waals surface area contributed by atoms with E-state index < -0.39 is 11.9 Å². The first-order chi connectivity index (χ1) is 16.5. The van der Waals surface area contributed by atoms with E-state index in [0.29, 0.717) is 23.5 Å². The smallest absolute Gasteiger partial charge is 0.343 e. The van der Waals surface area contributed by atoms with E-state index in [1.54, 1.807) is 42.5 Å². The number of amides is 1. The van der Waals surface area contributed by atoms with Gasteiger partial charge in [0, 0.05) is 6.54 Å². The van der Waals surface area contributed by atoms with Crippen LogP contribution in [0, 0.1) is 11.3 Å². The van der Waals surface area contributed by atoms with Gasteiger partial charge in [-0.2, -0.15) is 5.26 Å². The number of rotatable bonds is 13. The van der Waals surface area contributed by atoms with Gasteiger partial charge in [0.25, 0.3) is 5.91 Å². The van der Waals surface area contributed by atoms with Crippen LogP contribution in [-0.4, -0.2) is 32.1 Å². The molecule has 2 rings (SSSR count). The molecule has 0 aliphatic carbocycles. The maximum atomic E-state index is 12.6. The van der Waals surface area contributed by atoms with Crippen molar-refractivity contribution >= 4 is 18.0 Å². The maximum absolute atomic E-state index is 12.6. The number of ether oxygens (including phenoxy) is 3. The van der Waals surface area contributed by atoms with Crippen LogP contribution < -0.4 is 19.5 Å². The molecule has 34 heavy (non-hydrogen) atoms. The number of unbranched alkanes of at least 4 members (excludes halogenated alkanes) is 3. The summed E-state index contributed by atoms with van der Waals surface area (Å²) in [7, 11) is 1.44. The average Bonchev–Trinajstić information content (AvgIpc) is 2.86. The summed E-state index contributed by atoms with van der Waals surface area (Å²) in [6.07, 6.45) is 7.45. The Morgan fingerprint density at radius 1 is 1.09 bits per heavy atom. The third-order valence-electron chi connectivity index (χ3n) is 4.83. The van der Waals surface area contributed by atoms with Gasteiger partial charge in [0.2, 0.25) is 0 Å². The fraction of sp³-hybridized carbons (Fsp3) is 0.296. The lowest BCUT2D eigenvalue weighted by molar-refractivity contribution is -0.116. The Morgan fingerprint density at radius 3 is 2.50 bits per heavy atom. The summed E-state index contributed by atoms with van der Waals surface area (Å²) in [6.45, 7) is 6.58. The largest absolute Gasteiger partial charge is 0.494 e. The number of esters is 1. The summed E-state index contributed by atoms with van der Waals surface area (Å²) in [5.41, 5.74) is 0.846. The fourth-order valence-corrected chi connectivity index (χ4v) is 3.00. The predicted octanol–water partition coefficient (Wildman–Crippen LogP) is 5.08. The van der Waals surface area contributed by atoms with Gasteiger partial charge in [0.05, 0.1) is 19.3 Å². The van der Waals surface area contributed by atoms with Crippen LogP contribution in [0.5, 0.6) is 17.2 Å². The van der Waals surface area contributed by atoms with Gasteiger partial charge in [-0.25, -0.2) is 4.79 Å². The molecule has 0 saturated heterocycles. The average molecular weight is 463 g/mol. The van der Waals surface area contributed by atoms with E-state index >= 15 is 0 Å².